The lowest BCUT2D eigenvalue weighted by Gasteiger charge is -2.39. The molecule has 1 nitrogen and oxygen atoms in total. The number of benzene rings is 1. The van der Waals surface area contributed by atoms with E-state index in [4.69, 9.17) is 0 Å². The van der Waals surface area contributed by atoms with E-state index in [9.17, 15) is 5.11 Å². The molecule has 2 rings (SSSR count). The van der Waals surface area contributed by atoms with Crippen LogP contribution in [0.1, 0.15) is 44.6 Å². The predicted octanol–water partition coefficient (Wildman–Crippen LogP) is 3.34. The molecule has 1 aromatic carbocycles. The fourth-order valence-electron chi connectivity index (χ4n) is 2.57. The van der Waals surface area contributed by atoms with E-state index in [1.54, 1.807) is 0 Å². The summed E-state index contributed by atoms with van der Waals surface area (Å²) in [6.45, 7) is 4.13. The molecule has 3 atom stereocenters. The van der Waals surface area contributed by atoms with Crippen molar-refractivity contribution in [3.05, 3.63) is 35.9 Å². The Morgan fingerprint density at radius 2 is 1.87 bits per heavy atom. The van der Waals surface area contributed by atoms with Crippen molar-refractivity contribution in [1.29, 1.82) is 0 Å². The van der Waals surface area contributed by atoms with Gasteiger partial charge in [-0.3, -0.25) is 0 Å². The zero-order valence-electron chi connectivity index (χ0n) is 9.61. The first-order chi connectivity index (χ1) is 7.09. The average Bonchev–Trinajstić information content (AvgIpc) is 2.23. The molecule has 15 heavy (non-hydrogen) atoms. The fourth-order valence-corrected chi connectivity index (χ4v) is 2.57. The summed E-state index contributed by atoms with van der Waals surface area (Å²) in [7, 11) is 0. The van der Waals surface area contributed by atoms with Crippen LogP contribution < -0.4 is 0 Å². The van der Waals surface area contributed by atoms with Crippen LogP contribution in [-0.4, -0.2) is 10.7 Å². The van der Waals surface area contributed by atoms with E-state index in [1.165, 1.54) is 12.0 Å². The summed E-state index contributed by atoms with van der Waals surface area (Å²) >= 11 is 0. The molecule has 1 aliphatic carbocycles. The largest absolute Gasteiger partial charge is 0.390 e. The number of rotatable bonds is 1. The quantitative estimate of drug-likeness (QED) is 0.744. The Morgan fingerprint density at radius 3 is 2.47 bits per heavy atom. The van der Waals surface area contributed by atoms with Crippen LogP contribution in [0, 0.1) is 5.92 Å². The Bertz CT molecular complexity index is 315. The topological polar surface area (TPSA) is 20.2 Å². The van der Waals surface area contributed by atoms with Gasteiger partial charge in [0.15, 0.2) is 0 Å². The molecule has 0 heterocycles. The molecule has 1 saturated carbocycles. The Balaban J connectivity index is 2.14. The van der Waals surface area contributed by atoms with Crippen molar-refractivity contribution < 1.29 is 5.11 Å². The summed E-state index contributed by atoms with van der Waals surface area (Å²) in [5.74, 6) is 0.967. The minimum Gasteiger partial charge on any atom is -0.390 e. The van der Waals surface area contributed by atoms with Gasteiger partial charge < -0.3 is 5.11 Å². The second-order valence-corrected chi connectivity index (χ2v) is 5.15. The zero-order valence-corrected chi connectivity index (χ0v) is 9.61. The summed E-state index contributed by atoms with van der Waals surface area (Å²) in [6.07, 6.45) is 3.24. The Morgan fingerprint density at radius 1 is 1.20 bits per heavy atom. The SMILES string of the molecule is C[C@H]1CC[C@@H](c2ccccc2)C[C@]1(C)O. The van der Waals surface area contributed by atoms with Crippen molar-refractivity contribution in [1.82, 2.24) is 0 Å². The van der Waals surface area contributed by atoms with Gasteiger partial charge >= 0.3 is 0 Å². The maximum Gasteiger partial charge on any atom is 0.0651 e. The summed E-state index contributed by atoms with van der Waals surface area (Å²) in [5.41, 5.74) is 0.892. The van der Waals surface area contributed by atoms with E-state index in [-0.39, 0.29) is 0 Å². The molecule has 82 valence electrons. The number of aliphatic hydroxyl groups is 1. The second-order valence-electron chi connectivity index (χ2n) is 5.15. The highest BCUT2D eigenvalue weighted by Crippen LogP contribution is 2.41. The van der Waals surface area contributed by atoms with Crippen molar-refractivity contribution in [3.8, 4) is 0 Å². The van der Waals surface area contributed by atoms with Crippen LogP contribution in [-0.2, 0) is 0 Å². The minimum absolute atomic E-state index is 0.428. The Hall–Kier alpha value is -0.820. The minimum atomic E-state index is -0.487. The maximum absolute atomic E-state index is 10.3. The zero-order chi connectivity index (χ0) is 10.9. The van der Waals surface area contributed by atoms with Crippen LogP contribution in [0.2, 0.25) is 0 Å². The molecule has 1 fully saturated rings. The second kappa shape index (κ2) is 3.97. The van der Waals surface area contributed by atoms with Gasteiger partial charge in [-0.05, 0) is 43.6 Å². The maximum atomic E-state index is 10.3. The molecule has 0 amide bonds. The van der Waals surface area contributed by atoms with Crippen LogP contribution in [0.15, 0.2) is 30.3 Å². The van der Waals surface area contributed by atoms with Crippen LogP contribution in [0.25, 0.3) is 0 Å². The summed E-state index contributed by atoms with van der Waals surface area (Å²) in [5, 5.41) is 10.3. The van der Waals surface area contributed by atoms with Crippen molar-refractivity contribution in [2.75, 3.05) is 0 Å². The average molecular weight is 204 g/mol. The standard InChI is InChI=1S/C14H20O/c1-11-8-9-13(10-14(11,2)15)12-6-4-3-5-7-12/h3-7,11,13,15H,8-10H2,1-2H3/t11-,13+,14-/m0/s1. The van der Waals surface area contributed by atoms with Gasteiger partial charge in [-0.1, -0.05) is 37.3 Å². The Labute approximate surface area is 92.1 Å². The highest BCUT2D eigenvalue weighted by atomic mass is 16.3. The first kappa shape index (κ1) is 10.7. The van der Waals surface area contributed by atoms with E-state index in [1.807, 2.05) is 13.0 Å². The first-order valence-electron chi connectivity index (χ1n) is 5.87. The third-order valence-electron chi connectivity index (χ3n) is 3.94. The molecule has 1 heteroatoms. The molecule has 0 radical (unpaired) electrons. The van der Waals surface area contributed by atoms with Gasteiger partial charge in [0.2, 0.25) is 0 Å². The van der Waals surface area contributed by atoms with E-state index in [2.05, 4.69) is 31.2 Å². The van der Waals surface area contributed by atoms with Gasteiger partial charge in [0.05, 0.1) is 5.60 Å². The van der Waals surface area contributed by atoms with Crippen molar-refractivity contribution in [2.45, 2.75) is 44.6 Å². The third-order valence-corrected chi connectivity index (χ3v) is 3.94. The lowest BCUT2D eigenvalue weighted by molar-refractivity contribution is -0.0313. The lowest BCUT2D eigenvalue weighted by atomic mass is 9.70. The van der Waals surface area contributed by atoms with Gasteiger partial charge in [-0.2, -0.15) is 0 Å². The number of hydrogen-bond acceptors (Lipinski definition) is 1. The molecular formula is C14H20O. The molecule has 0 aromatic heterocycles. The summed E-state index contributed by atoms with van der Waals surface area (Å²) in [6, 6.07) is 10.6. The third kappa shape index (κ3) is 2.23. The molecule has 0 aliphatic heterocycles. The molecule has 0 spiro atoms. The van der Waals surface area contributed by atoms with Gasteiger partial charge in [0.1, 0.15) is 0 Å². The van der Waals surface area contributed by atoms with Gasteiger partial charge in [-0.25, -0.2) is 0 Å². The van der Waals surface area contributed by atoms with Crippen LogP contribution in [0.4, 0.5) is 0 Å². The fraction of sp³-hybridized carbons (Fsp3) is 0.571. The highest BCUT2D eigenvalue weighted by molar-refractivity contribution is 5.21. The van der Waals surface area contributed by atoms with E-state index >= 15 is 0 Å². The van der Waals surface area contributed by atoms with E-state index < -0.39 is 5.60 Å². The van der Waals surface area contributed by atoms with Gasteiger partial charge in [0.25, 0.3) is 0 Å². The van der Waals surface area contributed by atoms with Crippen LogP contribution in [0.3, 0.4) is 0 Å². The highest BCUT2D eigenvalue weighted by Gasteiger charge is 2.36. The van der Waals surface area contributed by atoms with Gasteiger partial charge in [0, 0.05) is 0 Å². The predicted molar refractivity (Wildman–Crippen MR) is 62.8 cm³/mol. The lowest BCUT2D eigenvalue weighted by Crippen LogP contribution is -2.38. The summed E-state index contributed by atoms with van der Waals surface area (Å²) < 4.78 is 0. The molecule has 0 saturated heterocycles. The van der Waals surface area contributed by atoms with E-state index in [0.29, 0.717) is 11.8 Å². The van der Waals surface area contributed by atoms with Crippen LogP contribution >= 0.6 is 0 Å². The summed E-state index contributed by atoms with van der Waals surface area (Å²) in [4.78, 5) is 0. The molecule has 1 N–H and O–H groups in total. The normalized spacial score (nSPS) is 36.5. The molecular weight excluding hydrogens is 184 g/mol. The van der Waals surface area contributed by atoms with Crippen molar-refractivity contribution in [2.24, 2.45) is 5.92 Å². The first-order valence-corrected chi connectivity index (χ1v) is 5.87. The smallest absolute Gasteiger partial charge is 0.0651 e. The Kier molecular flexibility index (Phi) is 2.83. The molecule has 0 bridgehead atoms. The van der Waals surface area contributed by atoms with E-state index in [0.717, 1.165) is 12.8 Å². The van der Waals surface area contributed by atoms with Gasteiger partial charge in [-0.15, -0.1) is 0 Å². The molecule has 1 aromatic rings. The van der Waals surface area contributed by atoms with Crippen molar-refractivity contribution in [3.63, 3.8) is 0 Å². The monoisotopic (exact) mass is 204 g/mol. The van der Waals surface area contributed by atoms with Crippen molar-refractivity contribution >= 4 is 0 Å². The molecule has 1 aliphatic rings. The van der Waals surface area contributed by atoms with Crippen LogP contribution in [0.5, 0.6) is 0 Å². The molecule has 0 unspecified atom stereocenters. The number of hydrogen-bond donors (Lipinski definition) is 1.